The number of carbonyl (C=O) groups excluding carboxylic acids is 2. The van der Waals surface area contributed by atoms with Gasteiger partial charge in [-0.1, -0.05) is 6.07 Å². The number of aliphatic carboxylic acids is 1. The lowest BCUT2D eigenvalue weighted by Gasteiger charge is -2.14. The molecule has 2 aliphatic heterocycles. The van der Waals surface area contributed by atoms with Crippen LogP contribution in [0, 0.1) is 37.8 Å². The van der Waals surface area contributed by atoms with Crippen LogP contribution in [0.5, 0.6) is 0 Å². The molecule has 1 aromatic carbocycles. The van der Waals surface area contributed by atoms with E-state index in [-0.39, 0.29) is 30.3 Å². The third-order valence-electron chi connectivity index (χ3n) is 9.50. The van der Waals surface area contributed by atoms with Crippen molar-refractivity contribution in [3.8, 4) is 0 Å². The van der Waals surface area contributed by atoms with Crippen LogP contribution in [0.2, 0.25) is 0 Å². The Labute approximate surface area is 271 Å². The van der Waals surface area contributed by atoms with E-state index in [1.54, 1.807) is 19.9 Å². The molecule has 5 rings (SSSR count). The minimum atomic E-state index is -0.983. The number of carboxylic acid groups (broad SMARTS) is 1. The lowest BCUT2D eigenvalue weighted by molar-refractivity contribution is -0.384. The van der Waals surface area contributed by atoms with Gasteiger partial charge in [0.15, 0.2) is 0 Å². The zero-order valence-electron chi connectivity index (χ0n) is 27.7. The number of amides is 2. The summed E-state index contributed by atoms with van der Waals surface area (Å²) in [4.78, 5) is 59.1. The van der Waals surface area contributed by atoms with Crippen LogP contribution in [0.1, 0.15) is 78.9 Å². The molecule has 11 nitrogen and oxygen atoms in total. The van der Waals surface area contributed by atoms with Crippen molar-refractivity contribution in [1.29, 1.82) is 0 Å². The first-order valence-electron chi connectivity index (χ1n) is 15.2. The topological polar surface area (TPSA) is 171 Å². The summed E-state index contributed by atoms with van der Waals surface area (Å²) in [5, 5.41) is 25.9. The molecule has 3 aromatic rings. The summed E-state index contributed by atoms with van der Waals surface area (Å²) in [6.45, 7) is 15.0. The van der Waals surface area contributed by atoms with Crippen LogP contribution in [0.15, 0.2) is 51.2 Å². The van der Waals surface area contributed by atoms with Crippen molar-refractivity contribution in [3.05, 3.63) is 112 Å². The molecule has 2 aromatic heterocycles. The Morgan fingerprint density at radius 2 is 1.60 bits per heavy atom. The van der Waals surface area contributed by atoms with Gasteiger partial charge in [0.1, 0.15) is 0 Å². The van der Waals surface area contributed by atoms with Crippen LogP contribution in [0.3, 0.4) is 0 Å². The number of carboxylic acids is 1. The summed E-state index contributed by atoms with van der Waals surface area (Å²) in [5.41, 5.74) is 10.7. The number of nitrogens with zero attached hydrogens (tertiary/aromatic N) is 2. The summed E-state index contributed by atoms with van der Waals surface area (Å²) in [7, 11) is 0. The Hall–Kier alpha value is -5.58. The standard InChI is InChI=1S/C36H37N5O6/c1-16-20(5)33(37-27(16)14-29-18(3)22(7)35(44)39-29)32(26-13-25(41(46)47)11-9-24(26)10-12-31(42)43)34-21(6)17(2)28(38-34)15-30-19(4)23(8)36(45)40-30/h9,11,13-15,37-38H,10,12H2,1-8H3,(H,39,44)(H,42,43)/b28-15-,29-14-,34-32+. The van der Waals surface area contributed by atoms with Crippen molar-refractivity contribution >= 4 is 46.9 Å². The number of nitro benzene ring substituents is 1. The number of allylic oxidation sites excluding steroid dienone is 2. The third kappa shape index (κ3) is 5.92. The highest BCUT2D eigenvalue weighted by atomic mass is 16.6. The van der Waals surface area contributed by atoms with Gasteiger partial charge in [0, 0.05) is 52.0 Å². The first-order chi connectivity index (χ1) is 22.1. The molecule has 0 bridgehead atoms. The van der Waals surface area contributed by atoms with Crippen molar-refractivity contribution in [1.82, 2.24) is 15.3 Å². The summed E-state index contributed by atoms with van der Waals surface area (Å²) in [5.74, 6) is -1.42. The summed E-state index contributed by atoms with van der Waals surface area (Å²) in [6.07, 6.45) is 3.69. The van der Waals surface area contributed by atoms with Crippen molar-refractivity contribution < 1.29 is 24.4 Å². The van der Waals surface area contributed by atoms with Gasteiger partial charge in [0.2, 0.25) is 0 Å². The second-order valence-electron chi connectivity index (χ2n) is 12.2. The third-order valence-corrected chi connectivity index (χ3v) is 9.50. The van der Waals surface area contributed by atoms with Gasteiger partial charge in [-0.3, -0.25) is 24.5 Å². The van der Waals surface area contributed by atoms with E-state index in [0.29, 0.717) is 50.3 Å². The number of hydrogen-bond acceptors (Lipinski definition) is 5. The van der Waals surface area contributed by atoms with Crippen LogP contribution in [0.25, 0.3) is 17.7 Å². The van der Waals surface area contributed by atoms with E-state index in [4.69, 9.17) is 0 Å². The van der Waals surface area contributed by atoms with Gasteiger partial charge in [0.05, 0.1) is 21.7 Å². The molecule has 2 amide bonds. The van der Waals surface area contributed by atoms with Crippen molar-refractivity contribution in [2.24, 2.45) is 4.99 Å². The molecule has 2 aliphatic rings. The second-order valence-corrected chi connectivity index (χ2v) is 12.2. The minimum Gasteiger partial charge on any atom is -0.481 e. The zero-order chi connectivity index (χ0) is 34.5. The number of H-pyrrole nitrogens is 2. The molecule has 0 fully saturated rings. The number of aliphatic imine (C=N–C) groups is 1. The Morgan fingerprint density at radius 3 is 2.17 bits per heavy atom. The minimum absolute atomic E-state index is 0.132. The predicted molar refractivity (Wildman–Crippen MR) is 180 cm³/mol. The normalized spacial score (nSPS) is 16.9. The lowest BCUT2D eigenvalue weighted by Crippen LogP contribution is -2.19. The average Bonchev–Trinajstić information content (AvgIpc) is 3.64. The lowest BCUT2D eigenvalue weighted by atomic mass is 9.91. The van der Waals surface area contributed by atoms with Crippen molar-refractivity contribution in [2.75, 3.05) is 0 Å². The number of nitro groups is 1. The molecule has 11 heteroatoms. The van der Waals surface area contributed by atoms with Crippen LogP contribution < -0.4 is 16.0 Å². The van der Waals surface area contributed by atoms with E-state index in [1.165, 1.54) is 12.1 Å². The molecule has 0 atom stereocenters. The maximum absolute atomic E-state index is 12.3. The Morgan fingerprint density at radius 1 is 0.894 bits per heavy atom. The van der Waals surface area contributed by atoms with Crippen molar-refractivity contribution in [2.45, 2.75) is 68.2 Å². The summed E-state index contributed by atoms with van der Waals surface area (Å²) >= 11 is 0. The van der Waals surface area contributed by atoms with Gasteiger partial charge in [-0.25, -0.2) is 4.99 Å². The van der Waals surface area contributed by atoms with Gasteiger partial charge in [-0.15, -0.1) is 0 Å². The predicted octanol–water partition coefficient (Wildman–Crippen LogP) is 4.65. The van der Waals surface area contributed by atoms with Gasteiger partial charge >= 0.3 is 5.97 Å². The van der Waals surface area contributed by atoms with Gasteiger partial charge in [-0.05, 0) is 118 Å². The highest BCUT2D eigenvalue weighted by Crippen LogP contribution is 2.33. The van der Waals surface area contributed by atoms with E-state index in [1.807, 2.05) is 53.7 Å². The summed E-state index contributed by atoms with van der Waals surface area (Å²) < 4.78 is 0. The van der Waals surface area contributed by atoms with Gasteiger partial charge in [0.25, 0.3) is 17.5 Å². The monoisotopic (exact) mass is 635 g/mol. The first kappa shape index (κ1) is 32.8. The number of benzene rings is 1. The van der Waals surface area contributed by atoms with Crippen LogP contribution in [-0.2, 0) is 20.8 Å². The van der Waals surface area contributed by atoms with E-state index < -0.39 is 10.9 Å². The Kier molecular flexibility index (Phi) is 8.59. The number of non-ortho nitro benzene ring substituents is 1. The molecule has 242 valence electrons. The second kappa shape index (κ2) is 12.3. The summed E-state index contributed by atoms with van der Waals surface area (Å²) in [6, 6.07) is 4.49. The number of aromatic amines is 2. The molecule has 47 heavy (non-hydrogen) atoms. The Bertz CT molecular complexity index is 2180. The molecular formula is C36H37N5O6. The van der Waals surface area contributed by atoms with E-state index in [2.05, 4.69) is 20.3 Å². The average molecular weight is 636 g/mol. The fourth-order valence-corrected chi connectivity index (χ4v) is 5.85. The Balaban J connectivity index is 1.87. The number of hydrogen-bond donors (Lipinski definition) is 4. The highest BCUT2D eigenvalue weighted by Gasteiger charge is 2.25. The maximum atomic E-state index is 12.3. The quantitative estimate of drug-likeness (QED) is 0.207. The number of nitrogens with one attached hydrogen (secondary N) is 3. The van der Waals surface area contributed by atoms with Crippen LogP contribution >= 0.6 is 0 Å². The number of aryl methyl sites for hydroxylation is 1. The zero-order valence-corrected chi connectivity index (χ0v) is 27.7. The molecule has 0 saturated carbocycles. The fraction of sp³-hybridized carbons (Fsp3) is 0.278. The van der Waals surface area contributed by atoms with Crippen molar-refractivity contribution in [3.63, 3.8) is 0 Å². The smallest absolute Gasteiger partial charge is 0.303 e. The number of carbonyl (C=O) groups is 3. The SMILES string of the molecule is CC1=C(C)C(/C=c2\[nH]/c(=C(\c3cc([N+](=O)[O-])ccc3CCC(=O)O)c3[nH]c(/C=C4\NC(=O)C(C)=C4C)c(C)c3C)c(C)c2C)=NC1=O. The van der Waals surface area contributed by atoms with Crippen LogP contribution in [0.4, 0.5) is 5.69 Å². The van der Waals surface area contributed by atoms with Gasteiger partial charge < -0.3 is 20.4 Å². The van der Waals surface area contributed by atoms with Gasteiger partial charge in [-0.2, -0.15) is 0 Å². The number of rotatable bonds is 8. The van der Waals surface area contributed by atoms with E-state index in [9.17, 15) is 29.6 Å². The van der Waals surface area contributed by atoms with E-state index >= 15 is 0 Å². The molecule has 4 N–H and O–H groups in total. The highest BCUT2D eigenvalue weighted by molar-refractivity contribution is 6.30. The first-order valence-corrected chi connectivity index (χ1v) is 15.2. The fourth-order valence-electron chi connectivity index (χ4n) is 5.85. The molecule has 0 saturated heterocycles. The molecule has 4 heterocycles. The maximum Gasteiger partial charge on any atom is 0.303 e. The molecule has 0 radical (unpaired) electrons. The molecule has 0 unspecified atom stereocenters. The molecule has 0 aliphatic carbocycles. The van der Waals surface area contributed by atoms with Crippen LogP contribution in [-0.4, -0.2) is 43.5 Å². The number of aromatic nitrogens is 2. The molecular weight excluding hydrogens is 598 g/mol. The largest absolute Gasteiger partial charge is 0.481 e. The molecule has 0 spiro atoms. The van der Waals surface area contributed by atoms with E-state index in [0.717, 1.165) is 44.4 Å².